The SMILES string of the molecule is O=C(NCc1ccc([C@@H]2O[C@H](CSc3nc(-c4ccccc4)c(-c4ccccc4)o3)C[C@H](c3ccc(CO)cc3)O2)cc1)c1ccccc1. The zero-order chi connectivity index (χ0) is 33.4. The molecule has 49 heavy (non-hydrogen) atoms. The Balaban J connectivity index is 1.08. The number of thioether (sulfide) groups is 1. The number of amides is 1. The third-order valence-electron chi connectivity index (χ3n) is 8.44. The number of hydrogen-bond donors (Lipinski definition) is 2. The van der Waals surface area contributed by atoms with Crippen molar-refractivity contribution in [3.8, 4) is 22.6 Å². The highest BCUT2D eigenvalue weighted by atomic mass is 32.2. The fraction of sp³-hybridized carbons (Fsp3) is 0.171. The number of benzene rings is 5. The number of aliphatic hydroxyl groups excluding tert-OH is 1. The zero-order valence-electron chi connectivity index (χ0n) is 26.8. The summed E-state index contributed by atoms with van der Waals surface area (Å²) in [4.78, 5) is 17.5. The minimum atomic E-state index is -0.598. The molecule has 7 nitrogen and oxygen atoms in total. The molecule has 246 valence electrons. The van der Waals surface area contributed by atoms with E-state index in [1.54, 1.807) is 12.1 Å². The molecular formula is C41H36N2O5S. The van der Waals surface area contributed by atoms with Gasteiger partial charge in [0, 0.05) is 41.0 Å². The van der Waals surface area contributed by atoms with Crippen LogP contribution in [-0.4, -0.2) is 27.9 Å². The summed E-state index contributed by atoms with van der Waals surface area (Å²) in [5.41, 5.74) is 7.13. The van der Waals surface area contributed by atoms with E-state index in [2.05, 4.69) is 5.32 Å². The van der Waals surface area contributed by atoms with Gasteiger partial charge in [0.05, 0.1) is 18.8 Å². The predicted molar refractivity (Wildman–Crippen MR) is 191 cm³/mol. The van der Waals surface area contributed by atoms with E-state index in [0.29, 0.717) is 29.5 Å². The van der Waals surface area contributed by atoms with Gasteiger partial charge >= 0.3 is 0 Å². The van der Waals surface area contributed by atoms with Gasteiger partial charge in [-0.2, -0.15) is 0 Å². The van der Waals surface area contributed by atoms with E-state index in [0.717, 1.165) is 44.8 Å². The highest BCUT2D eigenvalue weighted by Crippen LogP contribution is 2.41. The van der Waals surface area contributed by atoms with E-state index in [9.17, 15) is 9.90 Å². The van der Waals surface area contributed by atoms with Crippen molar-refractivity contribution in [2.45, 2.75) is 43.3 Å². The highest BCUT2D eigenvalue weighted by molar-refractivity contribution is 7.99. The molecule has 1 fully saturated rings. The van der Waals surface area contributed by atoms with Crippen LogP contribution in [0, 0.1) is 0 Å². The number of hydrogen-bond acceptors (Lipinski definition) is 7. The molecule has 3 atom stereocenters. The maximum absolute atomic E-state index is 12.5. The Morgan fingerprint density at radius 2 is 1.35 bits per heavy atom. The van der Waals surface area contributed by atoms with Gasteiger partial charge in [-0.25, -0.2) is 4.98 Å². The predicted octanol–water partition coefficient (Wildman–Crippen LogP) is 8.77. The quantitative estimate of drug-likeness (QED) is 0.133. The van der Waals surface area contributed by atoms with Crippen LogP contribution in [0.25, 0.3) is 22.6 Å². The molecule has 1 aromatic heterocycles. The second-order valence-corrected chi connectivity index (χ2v) is 12.8. The molecule has 0 unspecified atom stereocenters. The molecule has 0 aliphatic carbocycles. The average Bonchev–Trinajstić information content (AvgIpc) is 3.62. The molecule has 0 bridgehead atoms. The Labute approximate surface area is 290 Å². The fourth-order valence-electron chi connectivity index (χ4n) is 5.79. The number of aliphatic hydroxyl groups is 1. The molecule has 8 heteroatoms. The normalized spacial score (nSPS) is 17.4. The summed E-state index contributed by atoms with van der Waals surface area (Å²) in [5, 5.41) is 13.1. The van der Waals surface area contributed by atoms with Crippen molar-refractivity contribution in [3.63, 3.8) is 0 Å². The van der Waals surface area contributed by atoms with Gasteiger partial charge in [0.25, 0.3) is 11.1 Å². The number of rotatable bonds is 11. The number of ether oxygens (including phenoxy) is 2. The van der Waals surface area contributed by atoms with Crippen molar-refractivity contribution >= 4 is 17.7 Å². The number of nitrogens with one attached hydrogen (secondary N) is 1. The van der Waals surface area contributed by atoms with Gasteiger partial charge in [-0.1, -0.05) is 139 Å². The number of nitrogens with zero attached hydrogens (tertiary/aromatic N) is 1. The van der Waals surface area contributed by atoms with Gasteiger partial charge in [0.15, 0.2) is 12.1 Å². The summed E-state index contributed by atoms with van der Waals surface area (Å²) >= 11 is 1.53. The van der Waals surface area contributed by atoms with Crippen LogP contribution in [0.15, 0.2) is 149 Å². The second kappa shape index (κ2) is 15.5. The van der Waals surface area contributed by atoms with Crippen LogP contribution >= 0.6 is 11.8 Å². The van der Waals surface area contributed by atoms with E-state index in [-0.39, 0.29) is 24.7 Å². The molecule has 1 aliphatic heterocycles. The number of carbonyl (C=O) groups is 1. The third kappa shape index (κ3) is 8.01. The van der Waals surface area contributed by atoms with Crippen LogP contribution in [0.2, 0.25) is 0 Å². The Morgan fingerprint density at radius 3 is 2.02 bits per heavy atom. The summed E-state index contributed by atoms with van der Waals surface area (Å²) in [5.74, 6) is 1.23. The van der Waals surface area contributed by atoms with Crippen LogP contribution in [-0.2, 0) is 22.6 Å². The third-order valence-corrected chi connectivity index (χ3v) is 9.40. The largest absolute Gasteiger partial charge is 0.431 e. The second-order valence-electron chi connectivity index (χ2n) is 11.8. The van der Waals surface area contributed by atoms with Crippen molar-refractivity contribution in [2.24, 2.45) is 0 Å². The summed E-state index contributed by atoms with van der Waals surface area (Å²) in [6, 6.07) is 45.1. The zero-order valence-corrected chi connectivity index (χ0v) is 27.6. The molecule has 1 aliphatic rings. The first-order valence-electron chi connectivity index (χ1n) is 16.3. The maximum Gasteiger partial charge on any atom is 0.256 e. The van der Waals surface area contributed by atoms with E-state index >= 15 is 0 Å². The topological polar surface area (TPSA) is 93.8 Å². The molecule has 7 rings (SSSR count). The number of aromatic nitrogens is 1. The van der Waals surface area contributed by atoms with Gasteiger partial charge in [-0.3, -0.25) is 4.79 Å². The fourth-order valence-corrected chi connectivity index (χ4v) is 6.63. The molecule has 0 radical (unpaired) electrons. The molecule has 2 heterocycles. The lowest BCUT2D eigenvalue weighted by Crippen LogP contribution is -2.31. The Hall–Kier alpha value is -4.99. The standard InChI is InChI=1S/C41H36N2O5S/c44-26-29-18-20-30(21-19-29)36-24-35(27-49-41-43-37(31-10-4-1-5-11-31)38(48-41)32-12-6-2-7-13-32)46-40(47-36)34-22-16-28(17-23-34)25-42-39(45)33-14-8-3-9-15-33/h1-23,35-36,40,44H,24-27H2,(H,42,45)/t35-,36+,40+/m0/s1. The van der Waals surface area contributed by atoms with Crippen LogP contribution in [0.3, 0.4) is 0 Å². The number of oxazole rings is 1. The van der Waals surface area contributed by atoms with Crippen molar-refractivity contribution in [1.82, 2.24) is 10.3 Å². The first-order chi connectivity index (χ1) is 24.1. The van der Waals surface area contributed by atoms with Crippen LogP contribution in [0.5, 0.6) is 0 Å². The lowest BCUT2D eigenvalue weighted by atomic mass is 10.0. The van der Waals surface area contributed by atoms with E-state index in [4.69, 9.17) is 18.9 Å². The van der Waals surface area contributed by atoms with Crippen LogP contribution in [0.4, 0.5) is 0 Å². The maximum atomic E-state index is 12.5. The summed E-state index contributed by atoms with van der Waals surface area (Å²) < 4.78 is 19.5. The number of carbonyl (C=O) groups excluding carboxylic acids is 1. The van der Waals surface area contributed by atoms with Gasteiger partial charge in [0.2, 0.25) is 0 Å². The van der Waals surface area contributed by atoms with Gasteiger partial charge in [-0.05, 0) is 28.8 Å². The summed E-state index contributed by atoms with van der Waals surface area (Å²) in [6.07, 6.45) is -0.336. The Bertz CT molecular complexity index is 1890. The average molecular weight is 669 g/mol. The molecule has 5 aromatic carbocycles. The monoisotopic (exact) mass is 668 g/mol. The van der Waals surface area contributed by atoms with Crippen molar-refractivity contribution in [1.29, 1.82) is 0 Å². The Morgan fingerprint density at radius 1 is 0.735 bits per heavy atom. The van der Waals surface area contributed by atoms with Crippen molar-refractivity contribution in [2.75, 3.05) is 5.75 Å². The molecule has 0 saturated carbocycles. The molecule has 1 saturated heterocycles. The first-order valence-corrected chi connectivity index (χ1v) is 17.3. The van der Waals surface area contributed by atoms with E-state index in [1.807, 2.05) is 127 Å². The van der Waals surface area contributed by atoms with Crippen LogP contribution < -0.4 is 5.32 Å². The van der Waals surface area contributed by atoms with Crippen molar-refractivity contribution < 1.29 is 23.8 Å². The summed E-state index contributed by atoms with van der Waals surface area (Å²) in [6.45, 7) is 0.395. The van der Waals surface area contributed by atoms with E-state index in [1.165, 1.54) is 11.8 Å². The Kier molecular flexibility index (Phi) is 10.3. The summed E-state index contributed by atoms with van der Waals surface area (Å²) in [7, 11) is 0. The minimum Gasteiger partial charge on any atom is -0.431 e. The van der Waals surface area contributed by atoms with Gasteiger partial charge < -0.3 is 24.3 Å². The molecule has 0 spiro atoms. The van der Waals surface area contributed by atoms with Gasteiger partial charge in [0.1, 0.15) is 5.69 Å². The van der Waals surface area contributed by atoms with Gasteiger partial charge in [-0.15, -0.1) is 0 Å². The molecule has 1 amide bonds. The molecule has 2 N–H and O–H groups in total. The van der Waals surface area contributed by atoms with Crippen LogP contribution in [0.1, 0.15) is 51.4 Å². The first kappa shape index (κ1) is 32.6. The van der Waals surface area contributed by atoms with Crippen molar-refractivity contribution in [3.05, 3.63) is 167 Å². The lowest BCUT2D eigenvalue weighted by molar-refractivity contribution is -0.245. The minimum absolute atomic E-state index is 0.0129. The molecule has 6 aromatic rings. The smallest absolute Gasteiger partial charge is 0.256 e. The molecular weight excluding hydrogens is 633 g/mol. The van der Waals surface area contributed by atoms with E-state index < -0.39 is 6.29 Å². The highest BCUT2D eigenvalue weighted by Gasteiger charge is 2.33. The lowest BCUT2D eigenvalue weighted by Gasteiger charge is -2.36.